The Kier molecular flexibility index (Phi) is 6.14. The molecule has 7 heteroatoms. The van der Waals surface area contributed by atoms with Crippen molar-refractivity contribution < 1.29 is 9.53 Å². The van der Waals surface area contributed by atoms with Gasteiger partial charge in [0.2, 0.25) is 0 Å². The van der Waals surface area contributed by atoms with Gasteiger partial charge in [0.05, 0.1) is 11.7 Å². The first-order chi connectivity index (χ1) is 10.8. The number of carbonyl (C=O) groups excluding carboxylic acids is 1. The van der Waals surface area contributed by atoms with Crippen molar-refractivity contribution >= 4 is 39.3 Å². The number of carbonyl (C=O) groups is 1. The van der Waals surface area contributed by atoms with Crippen molar-refractivity contribution in [3.63, 3.8) is 0 Å². The Balaban J connectivity index is 2.01. The quantitative estimate of drug-likeness (QED) is 0.742. The molecule has 1 N–H and O–H groups in total. The Morgan fingerprint density at radius 2 is 2.26 bits per heavy atom. The van der Waals surface area contributed by atoms with Crippen LogP contribution in [0.1, 0.15) is 40.0 Å². The highest BCUT2D eigenvalue weighted by molar-refractivity contribution is 9.10. The molecular weight excluding hydrogens is 382 g/mol. The Morgan fingerprint density at radius 1 is 1.52 bits per heavy atom. The average molecular weight is 405 g/mol. The van der Waals surface area contributed by atoms with Crippen molar-refractivity contribution in [2.24, 2.45) is 0 Å². The summed E-state index contributed by atoms with van der Waals surface area (Å²) in [5.74, 6) is 0. The molecule has 1 aromatic heterocycles. The summed E-state index contributed by atoms with van der Waals surface area (Å²) in [5, 5.41) is 3.72. The van der Waals surface area contributed by atoms with Crippen LogP contribution in [0.5, 0.6) is 0 Å². The normalized spacial score (nSPS) is 18.7. The minimum atomic E-state index is -0.482. The molecule has 0 saturated carbocycles. The molecule has 1 fully saturated rings. The Morgan fingerprint density at radius 3 is 2.96 bits per heavy atom. The first-order valence-electron chi connectivity index (χ1n) is 7.81. The third kappa shape index (κ3) is 5.53. The van der Waals surface area contributed by atoms with Crippen LogP contribution in [0.15, 0.2) is 16.7 Å². The lowest BCUT2D eigenvalue weighted by atomic mass is 10.0. The lowest BCUT2D eigenvalue weighted by molar-refractivity contribution is 0.0114. The number of halogens is 2. The highest BCUT2D eigenvalue weighted by Gasteiger charge is 2.30. The van der Waals surface area contributed by atoms with E-state index in [0.717, 1.165) is 36.0 Å². The van der Waals surface area contributed by atoms with Gasteiger partial charge in [-0.15, -0.1) is 0 Å². The van der Waals surface area contributed by atoms with E-state index < -0.39 is 5.60 Å². The highest BCUT2D eigenvalue weighted by atomic mass is 79.9. The van der Waals surface area contributed by atoms with E-state index in [0.29, 0.717) is 11.7 Å². The Hall–Kier alpha value is -1.01. The number of rotatable bonds is 3. The molecule has 1 aromatic rings. The molecule has 128 valence electrons. The SMILES string of the molecule is CC(C)(C)OC(=O)N1CCCCC1CNc1cc(Br)cnc1Cl. The molecule has 1 unspecified atom stereocenters. The number of likely N-dealkylation sites (tertiary alicyclic amines) is 1. The molecule has 0 radical (unpaired) electrons. The van der Waals surface area contributed by atoms with E-state index in [9.17, 15) is 4.79 Å². The summed E-state index contributed by atoms with van der Waals surface area (Å²) >= 11 is 9.49. The van der Waals surface area contributed by atoms with Crippen molar-refractivity contribution in [3.8, 4) is 0 Å². The summed E-state index contributed by atoms with van der Waals surface area (Å²) in [6, 6.07) is 1.98. The summed E-state index contributed by atoms with van der Waals surface area (Å²) in [4.78, 5) is 18.3. The van der Waals surface area contributed by atoms with Crippen molar-refractivity contribution in [1.82, 2.24) is 9.88 Å². The minimum Gasteiger partial charge on any atom is -0.444 e. The smallest absolute Gasteiger partial charge is 0.410 e. The van der Waals surface area contributed by atoms with E-state index in [4.69, 9.17) is 16.3 Å². The monoisotopic (exact) mass is 403 g/mol. The van der Waals surface area contributed by atoms with Crippen molar-refractivity contribution in [2.45, 2.75) is 51.7 Å². The number of hydrogen-bond donors (Lipinski definition) is 1. The number of aromatic nitrogens is 1. The van der Waals surface area contributed by atoms with Gasteiger partial charge in [0.25, 0.3) is 0 Å². The number of piperidine rings is 1. The molecule has 23 heavy (non-hydrogen) atoms. The first kappa shape index (κ1) is 18.3. The summed E-state index contributed by atoms with van der Waals surface area (Å²) in [6.45, 7) is 7.00. The van der Waals surface area contributed by atoms with Crippen LogP contribution in [0.3, 0.4) is 0 Å². The van der Waals surface area contributed by atoms with Gasteiger partial charge in [-0.3, -0.25) is 0 Å². The van der Waals surface area contributed by atoms with E-state index in [2.05, 4.69) is 26.2 Å². The zero-order valence-corrected chi connectivity index (χ0v) is 16.1. The van der Waals surface area contributed by atoms with Crippen molar-refractivity contribution in [1.29, 1.82) is 0 Å². The molecule has 0 spiro atoms. The second-order valence-electron chi connectivity index (χ2n) is 6.70. The van der Waals surface area contributed by atoms with E-state index in [-0.39, 0.29) is 12.1 Å². The summed E-state index contributed by atoms with van der Waals surface area (Å²) in [6.07, 6.45) is 4.47. The third-order valence-electron chi connectivity index (χ3n) is 3.59. The second-order valence-corrected chi connectivity index (χ2v) is 7.97. The molecule has 5 nitrogen and oxygen atoms in total. The van der Waals surface area contributed by atoms with Gasteiger partial charge in [0.1, 0.15) is 5.60 Å². The molecule has 2 heterocycles. The lowest BCUT2D eigenvalue weighted by Crippen LogP contribution is -2.48. The summed E-state index contributed by atoms with van der Waals surface area (Å²) in [7, 11) is 0. The summed E-state index contributed by atoms with van der Waals surface area (Å²) in [5.41, 5.74) is 0.278. The standard InChI is InChI=1S/C16H23BrClN3O2/c1-16(2,3)23-15(22)21-7-5-4-6-12(21)10-19-13-8-11(17)9-20-14(13)18/h8-9,12,19H,4-7,10H2,1-3H3. The molecule has 2 rings (SSSR count). The molecule has 1 aliphatic heterocycles. The van der Waals surface area contributed by atoms with Gasteiger partial charge in [-0.05, 0) is 62.0 Å². The zero-order valence-electron chi connectivity index (χ0n) is 13.7. The van der Waals surface area contributed by atoms with Gasteiger partial charge in [-0.25, -0.2) is 9.78 Å². The number of amides is 1. The average Bonchev–Trinajstić information content (AvgIpc) is 2.47. The van der Waals surface area contributed by atoms with Crippen LogP contribution in [-0.2, 0) is 4.74 Å². The highest BCUT2D eigenvalue weighted by Crippen LogP contribution is 2.25. The largest absolute Gasteiger partial charge is 0.444 e. The van der Waals surface area contributed by atoms with Crippen LogP contribution >= 0.6 is 27.5 Å². The maximum atomic E-state index is 12.4. The second kappa shape index (κ2) is 7.71. The predicted molar refractivity (Wildman–Crippen MR) is 96.0 cm³/mol. The predicted octanol–water partition coefficient (Wildman–Crippen LogP) is 4.70. The van der Waals surface area contributed by atoms with Crippen LogP contribution in [0.2, 0.25) is 5.15 Å². The Labute approximate surface area is 150 Å². The van der Waals surface area contributed by atoms with Gasteiger partial charge >= 0.3 is 6.09 Å². The summed E-state index contributed by atoms with van der Waals surface area (Å²) < 4.78 is 6.37. The maximum Gasteiger partial charge on any atom is 0.410 e. The molecule has 1 saturated heterocycles. The molecule has 0 aromatic carbocycles. The number of pyridine rings is 1. The topological polar surface area (TPSA) is 54.5 Å². The fourth-order valence-electron chi connectivity index (χ4n) is 2.55. The van der Waals surface area contributed by atoms with Crippen LogP contribution in [0.4, 0.5) is 10.5 Å². The molecule has 0 bridgehead atoms. The van der Waals surface area contributed by atoms with Crippen LogP contribution in [-0.4, -0.2) is 40.7 Å². The lowest BCUT2D eigenvalue weighted by Gasteiger charge is -2.37. The first-order valence-corrected chi connectivity index (χ1v) is 8.98. The van der Waals surface area contributed by atoms with Crippen molar-refractivity contribution in [2.75, 3.05) is 18.4 Å². The fourth-order valence-corrected chi connectivity index (χ4v) is 3.05. The minimum absolute atomic E-state index is 0.0913. The van der Waals surface area contributed by atoms with Crippen LogP contribution in [0, 0.1) is 0 Å². The van der Waals surface area contributed by atoms with Crippen LogP contribution in [0.25, 0.3) is 0 Å². The van der Waals surface area contributed by atoms with E-state index >= 15 is 0 Å². The fraction of sp³-hybridized carbons (Fsp3) is 0.625. The Bertz CT molecular complexity index is 563. The van der Waals surface area contributed by atoms with E-state index in [1.165, 1.54) is 0 Å². The van der Waals surface area contributed by atoms with Crippen LogP contribution < -0.4 is 5.32 Å². The van der Waals surface area contributed by atoms with Crippen molar-refractivity contribution in [3.05, 3.63) is 21.9 Å². The molecule has 0 aliphatic carbocycles. The molecular formula is C16H23BrClN3O2. The molecule has 1 aliphatic rings. The molecule has 1 atom stereocenters. The van der Waals surface area contributed by atoms with Gasteiger partial charge in [0.15, 0.2) is 5.15 Å². The third-order valence-corrected chi connectivity index (χ3v) is 4.32. The molecule has 1 amide bonds. The van der Waals surface area contributed by atoms with Gasteiger partial charge in [0, 0.05) is 23.8 Å². The van der Waals surface area contributed by atoms with Gasteiger partial charge in [-0.1, -0.05) is 11.6 Å². The van der Waals surface area contributed by atoms with Gasteiger partial charge in [-0.2, -0.15) is 0 Å². The number of ether oxygens (including phenoxy) is 1. The number of nitrogens with zero attached hydrogens (tertiary/aromatic N) is 2. The van der Waals surface area contributed by atoms with E-state index in [1.807, 2.05) is 31.7 Å². The number of nitrogens with one attached hydrogen (secondary N) is 1. The van der Waals surface area contributed by atoms with E-state index in [1.54, 1.807) is 6.20 Å². The number of anilines is 1. The number of hydrogen-bond acceptors (Lipinski definition) is 4. The maximum absolute atomic E-state index is 12.4. The zero-order chi connectivity index (χ0) is 17.0. The van der Waals surface area contributed by atoms with Gasteiger partial charge < -0.3 is 15.0 Å².